The maximum atomic E-state index is 4.96. The standard InChI is InChI=1S/C27H23N7/c1-16(2)30-19-12-18(14-29-15-19)22-6-7-24-26(32-22)27(34-33-24)25-13-21-20(4-3-5-23(21)31-25)17-8-10-28-11-9-17/h3-16,30-31H,1-2H3,(H,33,34). The Kier molecular flexibility index (Phi) is 4.80. The Hall–Kier alpha value is -4.52. The molecule has 0 aliphatic rings. The van der Waals surface area contributed by atoms with Crippen LogP contribution in [-0.4, -0.2) is 36.2 Å². The molecule has 0 amide bonds. The number of nitrogens with zero attached hydrogens (tertiary/aromatic N) is 4. The molecule has 0 aliphatic heterocycles. The van der Waals surface area contributed by atoms with Gasteiger partial charge in [-0.2, -0.15) is 5.10 Å². The number of H-pyrrole nitrogens is 2. The van der Waals surface area contributed by atoms with E-state index < -0.39 is 0 Å². The van der Waals surface area contributed by atoms with Crippen LogP contribution in [0, 0.1) is 0 Å². The van der Waals surface area contributed by atoms with E-state index in [2.05, 4.69) is 74.6 Å². The van der Waals surface area contributed by atoms with Crippen molar-refractivity contribution in [1.29, 1.82) is 0 Å². The lowest BCUT2D eigenvalue weighted by molar-refractivity contribution is 0.898. The highest BCUT2D eigenvalue weighted by molar-refractivity contribution is 6.00. The SMILES string of the molecule is CC(C)Nc1cncc(-c2ccc3[nH]nc(-c4cc5c(-c6ccncc6)cccc5[nH]4)c3n2)c1. The molecule has 0 bridgehead atoms. The van der Waals surface area contributed by atoms with Gasteiger partial charge in [0.1, 0.15) is 11.2 Å². The van der Waals surface area contributed by atoms with Crippen LogP contribution in [0.3, 0.4) is 0 Å². The van der Waals surface area contributed by atoms with Crippen molar-refractivity contribution in [2.45, 2.75) is 19.9 Å². The Morgan fingerprint density at radius 1 is 0.853 bits per heavy atom. The number of aromatic nitrogens is 6. The second-order valence-electron chi connectivity index (χ2n) is 8.61. The second kappa shape index (κ2) is 8.12. The Morgan fingerprint density at radius 2 is 1.74 bits per heavy atom. The molecule has 0 radical (unpaired) electrons. The summed E-state index contributed by atoms with van der Waals surface area (Å²) in [5.74, 6) is 0. The summed E-state index contributed by atoms with van der Waals surface area (Å²) >= 11 is 0. The molecular weight excluding hydrogens is 422 g/mol. The summed E-state index contributed by atoms with van der Waals surface area (Å²) in [4.78, 5) is 17.0. The first kappa shape index (κ1) is 20.1. The van der Waals surface area contributed by atoms with Crippen LogP contribution in [0.1, 0.15) is 13.8 Å². The van der Waals surface area contributed by atoms with E-state index in [1.165, 1.54) is 0 Å². The van der Waals surface area contributed by atoms with Crippen LogP contribution in [-0.2, 0) is 0 Å². The summed E-state index contributed by atoms with van der Waals surface area (Å²) in [6, 6.07) is 18.9. The summed E-state index contributed by atoms with van der Waals surface area (Å²) < 4.78 is 0. The minimum atomic E-state index is 0.326. The van der Waals surface area contributed by atoms with Gasteiger partial charge in [0.15, 0.2) is 0 Å². The van der Waals surface area contributed by atoms with Gasteiger partial charge < -0.3 is 10.3 Å². The number of aromatic amines is 2. The highest BCUT2D eigenvalue weighted by Crippen LogP contribution is 2.34. The van der Waals surface area contributed by atoms with Crippen molar-refractivity contribution < 1.29 is 0 Å². The lowest BCUT2D eigenvalue weighted by Crippen LogP contribution is -2.09. The van der Waals surface area contributed by atoms with Gasteiger partial charge in [0.25, 0.3) is 0 Å². The minimum absolute atomic E-state index is 0.326. The van der Waals surface area contributed by atoms with E-state index in [1.54, 1.807) is 0 Å². The molecule has 34 heavy (non-hydrogen) atoms. The Balaban J connectivity index is 1.45. The molecule has 0 unspecified atom stereocenters. The summed E-state index contributed by atoms with van der Waals surface area (Å²) in [6.07, 6.45) is 7.30. The van der Waals surface area contributed by atoms with Gasteiger partial charge in [-0.3, -0.25) is 15.1 Å². The van der Waals surface area contributed by atoms with E-state index in [4.69, 9.17) is 4.98 Å². The monoisotopic (exact) mass is 445 g/mol. The largest absolute Gasteiger partial charge is 0.382 e. The summed E-state index contributed by atoms with van der Waals surface area (Å²) in [5, 5.41) is 12.3. The van der Waals surface area contributed by atoms with Gasteiger partial charge in [-0.05, 0) is 67.4 Å². The molecule has 0 atom stereocenters. The topological polar surface area (TPSA) is 95.2 Å². The summed E-state index contributed by atoms with van der Waals surface area (Å²) in [7, 11) is 0. The van der Waals surface area contributed by atoms with Gasteiger partial charge in [-0.1, -0.05) is 12.1 Å². The van der Waals surface area contributed by atoms with Crippen molar-refractivity contribution in [3.63, 3.8) is 0 Å². The minimum Gasteiger partial charge on any atom is -0.382 e. The molecule has 6 rings (SSSR count). The van der Waals surface area contributed by atoms with Crippen molar-refractivity contribution in [1.82, 2.24) is 30.1 Å². The number of pyridine rings is 3. The van der Waals surface area contributed by atoms with Gasteiger partial charge in [-0.25, -0.2) is 4.98 Å². The molecule has 5 heterocycles. The molecular formula is C27H23N7. The first-order valence-electron chi connectivity index (χ1n) is 11.3. The number of anilines is 1. The van der Waals surface area contributed by atoms with Crippen molar-refractivity contribution in [3.05, 3.63) is 79.4 Å². The Morgan fingerprint density at radius 3 is 2.59 bits per heavy atom. The van der Waals surface area contributed by atoms with E-state index in [-0.39, 0.29) is 0 Å². The maximum Gasteiger partial charge on any atom is 0.135 e. The predicted octanol–water partition coefficient (Wildman–Crippen LogP) is 6.05. The third kappa shape index (κ3) is 3.57. The Bertz CT molecular complexity index is 1610. The van der Waals surface area contributed by atoms with E-state index in [0.717, 1.165) is 61.4 Å². The van der Waals surface area contributed by atoms with E-state index in [1.807, 2.05) is 49.1 Å². The smallest absolute Gasteiger partial charge is 0.135 e. The third-order valence-corrected chi connectivity index (χ3v) is 5.81. The second-order valence-corrected chi connectivity index (χ2v) is 8.61. The molecule has 3 N–H and O–H groups in total. The fourth-order valence-electron chi connectivity index (χ4n) is 4.31. The van der Waals surface area contributed by atoms with Crippen molar-refractivity contribution in [2.75, 3.05) is 5.32 Å². The van der Waals surface area contributed by atoms with Crippen LogP contribution < -0.4 is 5.32 Å². The average molecular weight is 446 g/mol. The maximum absolute atomic E-state index is 4.96. The quantitative estimate of drug-likeness (QED) is 0.300. The van der Waals surface area contributed by atoms with Crippen LogP contribution in [0.25, 0.3) is 55.7 Å². The molecule has 1 aromatic carbocycles. The van der Waals surface area contributed by atoms with E-state index in [0.29, 0.717) is 6.04 Å². The first-order valence-corrected chi connectivity index (χ1v) is 11.3. The number of benzene rings is 1. The summed E-state index contributed by atoms with van der Waals surface area (Å²) in [5.41, 5.74) is 9.51. The number of hydrogen-bond donors (Lipinski definition) is 3. The molecule has 0 aliphatic carbocycles. The van der Waals surface area contributed by atoms with Crippen LogP contribution in [0.5, 0.6) is 0 Å². The zero-order valence-corrected chi connectivity index (χ0v) is 18.9. The fraction of sp³-hybridized carbons (Fsp3) is 0.111. The van der Waals surface area contributed by atoms with E-state index >= 15 is 0 Å². The molecule has 166 valence electrons. The van der Waals surface area contributed by atoms with Gasteiger partial charge in [0.05, 0.1) is 22.6 Å². The zero-order valence-electron chi connectivity index (χ0n) is 18.9. The lowest BCUT2D eigenvalue weighted by atomic mass is 10.0. The van der Waals surface area contributed by atoms with Gasteiger partial charge in [0.2, 0.25) is 0 Å². The zero-order chi connectivity index (χ0) is 23.1. The number of nitrogens with one attached hydrogen (secondary N) is 3. The lowest BCUT2D eigenvalue weighted by Gasteiger charge is -2.10. The van der Waals surface area contributed by atoms with Crippen LogP contribution in [0.2, 0.25) is 0 Å². The molecule has 0 saturated heterocycles. The molecule has 0 spiro atoms. The molecule has 5 aromatic heterocycles. The highest BCUT2D eigenvalue weighted by atomic mass is 15.1. The summed E-state index contributed by atoms with van der Waals surface area (Å²) in [6.45, 7) is 4.21. The van der Waals surface area contributed by atoms with Crippen LogP contribution in [0.4, 0.5) is 5.69 Å². The normalized spacial score (nSPS) is 11.5. The van der Waals surface area contributed by atoms with Gasteiger partial charge >= 0.3 is 0 Å². The molecule has 6 aromatic rings. The number of rotatable bonds is 5. The predicted molar refractivity (Wildman–Crippen MR) is 136 cm³/mol. The van der Waals surface area contributed by atoms with E-state index in [9.17, 15) is 0 Å². The molecule has 7 heteroatoms. The molecule has 0 fully saturated rings. The van der Waals surface area contributed by atoms with Gasteiger partial charge in [0, 0.05) is 47.3 Å². The third-order valence-electron chi connectivity index (χ3n) is 5.81. The molecule has 7 nitrogen and oxygen atoms in total. The molecule has 0 saturated carbocycles. The number of hydrogen-bond acceptors (Lipinski definition) is 5. The van der Waals surface area contributed by atoms with Crippen LogP contribution >= 0.6 is 0 Å². The van der Waals surface area contributed by atoms with Gasteiger partial charge in [-0.15, -0.1) is 0 Å². The van der Waals surface area contributed by atoms with Crippen LogP contribution in [0.15, 0.2) is 79.4 Å². The fourth-order valence-corrected chi connectivity index (χ4v) is 4.31. The number of fused-ring (bicyclic) bond motifs is 2. The first-order chi connectivity index (χ1) is 16.7. The Labute approximate surface area is 196 Å². The van der Waals surface area contributed by atoms with Crippen molar-refractivity contribution >= 4 is 27.6 Å². The highest BCUT2D eigenvalue weighted by Gasteiger charge is 2.15. The van der Waals surface area contributed by atoms with Crippen molar-refractivity contribution in [3.8, 4) is 33.8 Å². The van der Waals surface area contributed by atoms with Crippen molar-refractivity contribution in [2.24, 2.45) is 0 Å². The average Bonchev–Trinajstić information content (AvgIpc) is 3.48.